The summed E-state index contributed by atoms with van der Waals surface area (Å²) in [5.41, 5.74) is -0.0601. The summed E-state index contributed by atoms with van der Waals surface area (Å²) < 4.78 is 39.5. The second kappa shape index (κ2) is 9.11. The van der Waals surface area contributed by atoms with Crippen LogP contribution in [0.15, 0.2) is 29.2 Å². The van der Waals surface area contributed by atoms with Crippen LogP contribution in [-0.4, -0.2) is 52.8 Å². The molecule has 1 aromatic carbocycles. The van der Waals surface area contributed by atoms with Crippen LogP contribution in [0, 0.1) is 6.92 Å². The Morgan fingerprint density at radius 1 is 1.35 bits per heavy atom. The number of aliphatic hydroxyl groups excluding tert-OH is 1. The van der Waals surface area contributed by atoms with Crippen molar-refractivity contribution in [1.29, 1.82) is 0 Å². The summed E-state index contributed by atoms with van der Waals surface area (Å²) >= 11 is 0. The molecule has 3 atom stereocenters. The highest BCUT2D eigenvalue weighted by atomic mass is 32.2. The predicted octanol–water partition coefficient (Wildman–Crippen LogP) is 1.16. The van der Waals surface area contributed by atoms with Crippen molar-refractivity contribution < 1.29 is 27.0 Å². The third kappa shape index (κ3) is 6.14. The van der Waals surface area contributed by atoms with Gasteiger partial charge in [0.1, 0.15) is 13.4 Å². The topological polar surface area (TPSA) is 82.1 Å². The minimum Gasteiger partial charge on any atom is -0.393 e. The zero-order valence-corrected chi connectivity index (χ0v) is 15.2. The van der Waals surface area contributed by atoms with Crippen LogP contribution in [0.5, 0.6) is 0 Å². The smallest absolute Gasteiger partial charge is 0.297 e. The quantitative estimate of drug-likeness (QED) is 0.383. The molecule has 0 spiro atoms. The molecule has 0 bridgehead atoms. The molecule has 0 aliphatic rings. The standard InChI is InChI=1S/C14H22BO6PS/c1-3-14(9-16,10-19-22)21-13(15)8-20-23(17,18)12-6-4-11(2)5-7-12/h4-7,13,16H,3,8-10,22H2,1-2H3. The van der Waals surface area contributed by atoms with Gasteiger partial charge in [-0.1, -0.05) is 24.6 Å². The average molecular weight is 360 g/mol. The molecule has 0 aliphatic carbocycles. The van der Waals surface area contributed by atoms with Crippen LogP contribution in [0.2, 0.25) is 0 Å². The van der Waals surface area contributed by atoms with Crippen molar-refractivity contribution in [3.05, 3.63) is 29.8 Å². The first-order valence-corrected chi connectivity index (χ1v) is 8.98. The largest absolute Gasteiger partial charge is 0.393 e. The summed E-state index contributed by atoms with van der Waals surface area (Å²) in [6.07, 6.45) is 0.441. The molecular weight excluding hydrogens is 338 g/mol. The Bertz CT molecular complexity index is 573. The Labute approximate surface area is 141 Å². The van der Waals surface area contributed by atoms with Crippen molar-refractivity contribution in [2.75, 3.05) is 19.8 Å². The van der Waals surface area contributed by atoms with Crippen LogP contribution in [0.3, 0.4) is 0 Å². The van der Waals surface area contributed by atoms with Crippen molar-refractivity contribution in [3.63, 3.8) is 0 Å². The molecule has 1 N–H and O–H groups in total. The first kappa shape index (κ1) is 20.5. The molecule has 1 rings (SSSR count). The molecule has 0 aliphatic heterocycles. The third-order valence-corrected chi connectivity index (χ3v) is 4.84. The molecule has 0 saturated carbocycles. The fraction of sp³-hybridized carbons (Fsp3) is 0.571. The van der Waals surface area contributed by atoms with Gasteiger partial charge in [0.15, 0.2) is 0 Å². The number of aryl methyl sites for hydroxylation is 1. The van der Waals surface area contributed by atoms with Crippen molar-refractivity contribution >= 4 is 27.4 Å². The van der Waals surface area contributed by atoms with Gasteiger partial charge in [-0.05, 0) is 25.5 Å². The molecule has 6 nitrogen and oxygen atoms in total. The van der Waals surface area contributed by atoms with Crippen molar-refractivity contribution in [2.24, 2.45) is 0 Å². The Hall–Kier alpha value is -0.495. The highest BCUT2D eigenvalue weighted by Gasteiger charge is 2.31. The first-order chi connectivity index (χ1) is 10.8. The maximum atomic E-state index is 12.1. The fourth-order valence-electron chi connectivity index (χ4n) is 1.85. The first-order valence-electron chi connectivity index (χ1n) is 7.10. The van der Waals surface area contributed by atoms with Gasteiger partial charge in [0, 0.05) is 15.5 Å². The van der Waals surface area contributed by atoms with Gasteiger partial charge in [-0.15, -0.1) is 0 Å². The SMILES string of the molecule is [B]C(COS(=O)(=O)c1ccc(C)cc1)OC(CC)(CO)COP. The van der Waals surface area contributed by atoms with Crippen LogP contribution in [0.4, 0.5) is 0 Å². The Morgan fingerprint density at radius 2 is 1.96 bits per heavy atom. The van der Waals surface area contributed by atoms with E-state index in [9.17, 15) is 13.5 Å². The maximum Gasteiger partial charge on any atom is 0.297 e. The van der Waals surface area contributed by atoms with E-state index in [1.54, 1.807) is 19.1 Å². The summed E-state index contributed by atoms with van der Waals surface area (Å²) in [5.74, 6) is 0. The van der Waals surface area contributed by atoms with E-state index in [1.807, 2.05) is 6.92 Å². The third-order valence-electron chi connectivity index (χ3n) is 3.38. The van der Waals surface area contributed by atoms with E-state index in [0.29, 0.717) is 6.42 Å². The lowest BCUT2D eigenvalue weighted by Crippen LogP contribution is -2.45. The second-order valence-corrected chi connectivity index (χ2v) is 7.16. The Balaban J connectivity index is 2.67. The molecular formula is C14H22BO6PS. The van der Waals surface area contributed by atoms with Gasteiger partial charge < -0.3 is 14.4 Å². The van der Waals surface area contributed by atoms with Gasteiger partial charge in [0.05, 0.1) is 24.7 Å². The Kier molecular flexibility index (Phi) is 8.14. The lowest BCUT2D eigenvalue weighted by Gasteiger charge is -2.33. The summed E-state index contributed by atoms with van der Waals surface area (Å²) in [5, 5.41) is 9.46. The molecule has 23 heavy (non-hydrogen) atoms. The number of benzene rings is 1. The van der Waals surface area contributed by atoms with E-state index in [1.165, 1.54) is 12.1 Å². The summed E-state index contributed by atoms with van der Waals surface area (Å²) in [6, 6.07) is 5.25. The molecule has 9 heteroatoms. The van der Waals surface area contributed by atoms with Crippen LogP contribution in [0.1, 0.15) is 18.9 Å². The zero-order valence-electron chi connectivity index (χ0n) is 13.3. The van der Waals surface area contributed by atoms with E-state index >= 15 is 0 Å². The van der Waals surface area contributed by atoms with Crippen molar-refractivity contribution in [3.8, 4) is 0 Å². The van der Waals surface area contributed by atoms with Gasteiger partial charge in [-0.2, -0.15) is 8.42 Å². The number of hydrogen-bond acceptors (Lipinski definition) is 6. The number of hydrogen-bond donors (Lipinski definition) is 1. The lowest BCUT2D eigenvalue weighted by atomic mass is 9.97. The highest BCUT2D eigenvalue weighted by Crippen LogP contribution is 2.20. The number of aliphatic hydroxyl groups is 1. The van der Waals surface area contributed by atoms with Crippen molar-refractivity contribution in [1.82, 2.24) is 0 Å². The van der Waals surface area contributed by atoms with E-state index in [2.05, 4.69) is 9.47 Å². The van der Waals surface area contributed by atoms with E-state index < -0.39 is 21.7 Å². The van der Waals surface area contributed by atoms with Gasteiger partial charge >= 0.3 is 0 Å². The van der Waals surface area contributed by atoms with Crippen molar-refractivity contribution in [2.45, 2.75) is 36.8 Å². The van der Waals surface area contributed by atoms with Crippen LogP contribution < -0.4 is 0 Å². The average Bonchev–Trinajstić information content (AvgIpc) is 2.53. The minimum absolute atomic E-state index is 0.0486. The van der Waals surface area contributed by atoms with Crippen LogP contribution in [-0.2, 0) is 23.6 Å². The lowest BCUT2D eigenvalue weighted by molar-refractivity contribution is -0.122. The zero-order chi connectivity index (χ0) is 17.5. The minimum atomic E-state index is -3.91. The molecule has 3 unspecified atom stereocenters. The fourth-order valence-corrected chi connectivity index (χ4v) is 3.07. The van der Waals surface area contributed by atoms with Gasteiger partial charge in [0.2, 0.25) is 0 Å². The van der Waals surface area contributed by atoms with E-state index in [-0.39, 0.29) is 24.7 Å². The van der Waals surface area contributed by atoms with E-state index in [4.69, 9.17) is 21.3 Å². The molecule has 0 aromatic heterocycles. The molecule has 0 saturated heterocycles. The van der Waals surface area contributed by atoms with Crippen LogP contribution >= 0.6 is 9.47 Å². The molecule has 0 heterocycles. The number of ether oxygens (including phenoxy) is 1. The summed E-state index contributed by atoms with van der Waals surface area (Å²) in [6.45, 7) is 3.08. The summed E-state index contributed by atoms with van der Waals surface area (Å²) in [7, 11) is 3.92. The summed E-state index contributed by atoms with van der Waals surface area (Å²) in [4.78, 5) is 0.0486. The van der Waals surface area contributed by atoms with Gasteiger partial charge in [0.25, 0.3) is 10.1 Å². The van der Waals surface area contributed by atoms with E-state index in [0.717, 1.165) is 5.56 Å². The molecule has 2 radical (unpaired) electrons. The molecule has 128 valence electrons. The normalized spacial score (nSPS) is 16.0. The monoisotopic (exact) mass is 360 g/mol. The molecule has 0 amide bonds. The predicted molar refractivity (Wildman–Crippen MR) is 90.7 cm³/mol. The molecule has 0 fully saturated rings. The number of rotatable bonds is 10. The Morgan fingerprint density at radius 3 is 2.43 bits per heavy atom. The van der Waals surface area contributed by atoms with Gasteiger partial charge in [-0.3, -0.25) is 4.18 Å². The highest BCUT2D eigenvalue weighted by molar-refractivity contribution is 7.86. The van der Waals surface area contributed by atoms with Crippen LogP contribution in [0.25, 0.3) is 0 Å². The molecule has 1 aromatic rings. The maximum absolute atomic E-state index is 12.1. The van der Waals surface area contributed by atoms with Gasteiger partial charge in [-0.25, -0.2) is 0 Å². The second-order valence-electron chi connectivity index (χ2n) is 5.21.